The normalized spacial score (nSPS) is 18.2. The van der Waals surface area contributed by atoms with Gasteiger partial charge in [-0.15, -0.1) is 0 Å². The van der Waals surface area contributed by atoms with Crippen LogP contribution in [0.25, 0.3) is 0 Å². The van der Waals surface area contributed by atoms with E-state index in [0.29, 0.717) is 12.1 Å². The van der Waals surface area contributed by atoms with Crippen molar-refractivity contribution in [1.82, 2.24) is 20.4 Å². The Hall–Kier alpha value is -3.07. The smallest absolute Gasteiger partial charge is 0.412 e. The van der Waals surface area contributed by atoms with Crippen molar-refractivity contribution in [3.05, 3.63) is 47.3 Å². The molecule has 3 amide bonds. The van der Waals surface area contributed by atoms with E-state index < -0.39 is 11.6 Å². The number of likely N-dealkylation sites (N-methyl/N-ethyl adjacent to an activating group) is 1. The highest BCUT2D eigenvalue weighted by molar-refractivity contribution is 6.10. The summed E-state index contributed by atoms with van der Waals surface area (Å²) in [5.41, 5.74) is 6.68. The molecule has 9 nitrogen and oxygen atoms in total. The standard InChI is InChI=1S/C21H32N6O3/c1-6-30-20(29)25-18(23)15-12-27(21(2,3)17(15)22)19(28)24-16(13-26(4)5)14-10-8-7-9-11-14/h7-11,16,22H,6,12-13,23H2,1-5H3,(H,24,28)(H,25,29)/b18-15-,22-17?/t16-/m1/s1. The zero-order chi connectivity index (χ0) is 22.5. The number of alkyl carbamates (subject to hydrolysis) is 1. The third-order valence-electron chi connectivity index (χ3n) is 5.03. The molecule has 1 saturated heterocycles. The first-order valence-electron chi connectivity index (χ1n) is 9.87. The number of amides is 3. The average Bonchev–Trinajstić information content (AvgIpc) is 2.91. The molecule has 1 aromatic carbocycles. The number of nitrogens with one attached hydrogen (secondary N) is 3. The molecule has 1 atom stereocenters. The highest BCUT2D eigenvalue weighted by Crippen LogP contribution is 2.30. The van der Waals surface area contributed by atoms with Gasteiger partial charge in [0, 0.05) is 12.1 Å². The Morgan fingerprint density at radius 2 is 1.93 bits per heavy atom. The van der Waals surface area contributed by atoms with Crippen LogP contribution in [-0.4, -0.2) is 67.0 Å². The molecule has 5 N–H and O–H groups in total. The quantitative estimate of drug-likeness (QED) is 0.565. The molecule has 0 spiro atoms. The van der Waals surface area contributed by atoms with Crippen LogP contribution in [0.1, 0.15) is 32.4 Å². The van der Waals surface area contributed by atoms with E-state index in [1.54, 1.807) is 25.7 Å². The summed E-state index contributed by atoms with van der Waals surface area (Å²) in [4.78, 5) is 28.4. The lowest BCUT2D eigenvalue weighted by Gasteiger charge is -2.33. The molecule has 2 rings (SSSR count). The Labute approximate surface area is 177 Å². The maximum absolute atomic E-state index is 13.2. The molecule has 30 heavy (non-hydrogen) atoms. The van der Waals surface area contributed by atoms with E-state index in [9.17, 15) is 9.59 Å². The number of hydrogen-bond donors (Lipinski definition) is 4. The Morgan fingerprint density at radius 3 is 2.50 bits per heavy atom. The van der Waals surface area contributed by atoms with Crippen molar-refractivity contribution in [3.8, 4) is 0 Å². The Morgan fingerprint density at radius 1 is 1.30 bits per heavy atom. The van der Waals surface area contributed by atoms with Crippen LogP contribution in [0.3, 0.4) is 0 Å². The molecule has 0 radical (unpaired) electrons. The summed E-state index contributed by atoms with van der Waals surface area (Å²) in [5.74, 6) is 0.0229. The third-order valence-corrected chi connectivity index (χ3v) is 5.03. The van der Waals surface area contributed by atoms with Crippen molar-refractivity contribution in [2.75, 3.05) is 33.8 Å². The molecule has 9 heteroatoms. The summed E-state index contributed by atoms with van der Waals surface area (Å²) in [7, 11) is 3.89. The highest BCUT2D eigenvalue weighted by atomic mass is 16.5. The van der Waals surface area contributed by atoms with Crippen molar-refractivity contribution >= 4 is 17.8 Å². The van der Waals surface area contributed by atoms with E-state index in [4.69, 9.17) is 15.9 Å². The number of rotatable bonds is 6. The van der Waals surface area contributed by atoms with Crippen molar-refractivity contribution in [2.45, 2.75) is 32.4 Å². The lowest BCUT2D eigenvalue weighted by molar-refractivity contribution is 0.155. The van der Waals surface area contributed by atoms with Crippen molar-refractivity contribution in [3.63, 3.8) is 0 Å². The maximum atomic E-state index is 13.2. The molecule has 164 valence electrons. The third kappa shape index (κ3) is 5.29. The van der Waals surface area contributed by atoms with Crippen molar-refractivity contribution in [1.29, 1.82) is 5.41 Å². The average molecular weight is 417 g/mol. The van der Waals surface area contributed by atoms with Crippen LogP contribution < -0.4 is 16.4 Å². The van der Waals surface area contributed by atoms with Crippen LogP contribution in [0.15, 0.2) is 41.7 Å². The van der Waals surface area contributed by atoms with Crippen LogP contribution in [0, 0.1) is 5.41 Å². The van der Waals surface area contributed by atoms with Gasteiger partial charge in [-0.1, -0.05) is 30.3 Å². The van der Waals surface area contributed by atoms with Crippen LogP contribution in [0.4, 0.5) is 9.59 Å². The van der Waals surface area contributed by atoms with E-state index in [-0.39, 0.29) is 36.8 Å². The fourth-order valence-corrected chi connectivity index (χ4v) is 3.35. The van der Waals surface area contributed by atoms with Gasteiger partial charge >= 0.3 is 12.1 Å². The number of nitrogens with two attached hydrogens (primary N) is 1. The first kappa shape index (κ1) is 23.2. The van der Waals surface area contributed by atoms with Crippen LogP contribution in [0.2, 0.25) is 0 Å². The van der Waals surface area contributed by atoms with Crippen LogP contribution >= 0.6 is 0 Å². The summed E-state index contributed by atoms with van der Waals surface area (Å²) >= 11 is 0. The minimum Gasteiger partial charge on any atom is -0.450 e. The van der Waals surface area contributed by atoms with Gasteiger partial charge in [0.15, 0.2) is 0 Å². The summed E-state index contributed by atoms with van der Waals surface area (Å²) < 4.78 is 4.84. The van der Waals surface area contributed by atoms with E-state index in [1.807, 2.05) is 49.3 Å². The summed E-state index contributed by atoms with van der Waals surface area (Å²) in [6.45, 7) is 6.19. The fraction of sp³-hybridized carbons (Fsp3) is 0.476. The van der Waals surface area contributed by atoms with Gasteiger partial charge in [-0.05, 0) is 40.4 Å². The van der Waals surface area contributed by atoms with Gasteiger partial charge in [-0.3, -0.25) is 5.32 Å². The number of carbonyl (C=O) groups is 2. The first-order chi connectivity index (χ1) is 14.1. The van der Waals surface area contributed by atoms with Crippen LogP contribution in [0.5, 0.6) is 0 Å². The van der Waals surface area contributed by atoms with Gasteiger partial charge in [-0.25, -0.2) is 9.59 Å². The van der Waals surface area contributed by atoms with Crippen LogP contribution in [-0.2, 0) is 4.74 Å². The first-order valence-corrected chi connectivity index (χ1v) is 9.87. The highest BCUT2D eigenvalue weighted by Gasteiger charge is 2.45. The molecule has 0 aromatic heterocycles. The van der Waals surface area contributed by atoms with Crippen molar-refractivity contribution < 1.29 is 14.3 Å². The van der Waals surface area contributed by atoms with Gasteiger partial charge in [-0.2, -0.15) is 0 Å². The molecule has 0 aliphatic carbocycles. The second kappa shape index (κ2) is 9.62. The number of urea groups is 1. The summed E-state index contributed by atoms with van der Waals surface area (Å²) in [6, 6.07) is 9.21. The molecule has 1 aliphatic rings. The van der Waals surface area contributed by atoms with Gasteiger partial charge in [0.1, 0.15) is 5.82 Å². The van der Waals surface area contributed by atoms with E-state index in [0.717, 1.165) is 5.56 Å². The monoisotopic (exact) mass is 416 g/mol. The zero-order valence-corrected chi connectivity index (χ0v) is 18.3. The second-order valence-corrected chi connectivity index (χ2v) is 7.93. The van der Waals surface area contributed by atoms with E-state index >= 15 is 0 Å². The largest absolute Gasteiger partial charge is 0.450 e. The SMILES string of the molecule is CCOC(=O)N/C(N)=C1/CN(C(=O)N[C@H](CN(C)C)c2ccccc2)C(C)(C)C1=N. The lowest BCUT2D eigenvalue weighted by atomic mass is 9.97. The number of carbonyl (C=O) groups excluding carboxylic acids is 2. The lowest BCUT2D eigenvalue weighted by Crippen LogP contribution is -2.52. The minimum atomic E-state index is -0.889. The number of hydrogen-bond acceptors (Lipinski definition) is 6. The molecule has 1 fully saturated rings. The molecule has 0 bridgehead atoms. The molecule has 0 unspecified atom stereocenters. The number of nitrogens with zero attached hydrogens (tertiary/aromatic N) is 2. The number of ether oxygens (including phenoxy) is 1. The summed E-state index contributed by atoms with van der Waals surface area (Å²) in [6.07, 6.45) is -0.689. The van der Waals surface area contributed by atoms with Crippen molar-refractivity contribution in [2.24, 2.45) is 5.73 Å². The maximum Gasteiger partial charge on any atom is 0.412 e. The van der Waals surface area contributed by atoms with E-state index in [2.05, 4.69) is 10.6 Å². The molecular weight excluding hydrogens is 384 g/mol. The second-order valence-electron chi connectivity index (χ2n) is 7.93. The molecule has 1 aliphatic heterocycles. The molecule has 1 aromatic rings. The van der Waals surface area contributed by atoms with E-state index in [1.165, 1.54) is 0 Å². The number of likely N-dealkylation sites (tertiary alicyclic amines) is 1. The molecule has 0 saturated carbocycles. The Bertz CT molecular complexity index is 819. The number of benzene rings is 1. The van der Waals surface area contributed by atoms with Gasteiger partial charge in [0.05, 0.1) is 30.4 Å². The Balaban J connectivity index is 2.23. The summed E-state index contributed by atoms with van der Waals surface area (Å²) in [5, 5.41) is 14.0. The minimum absolute atomic E-state index is 0.0229. The van der Waals surface area contributed by atoms with Gasteiger partial charge < -0.3 is 31.0 Å². The zero-order valence-electron chi connectivity index (χ0n) is 18.3. The van der Waals surface area contributed by atoms with Gasteiger partial charge in [0.25, 0.3) is 0 Å². The van der Waals surface area contributed by atoms with Gasteiger partial charge in [0.2, 0.25) is 0 Å². The molecular formula is C21H32N6O3. The predicted molar refractivity (Wildman–Crippen MR) is 116 cm³/mol. The Kier molecular flexibility index (Phi) is 7.44. The molecule has 1 heterocycles. The predicted octanol–water partition coefficient (Wildman–Crippen LogP) is 2.03. The topological polar surface area (TPSA) is 124 Å². The fourth-order valence-electron chi connectivity index (χ4n) is 3.35.